The van der Waals surface area contributed by atoms with Gasteiger partial charge in [0, 0.05) is 24.1 Å². The Morgan fingerprint density at radius 2 is 2.00 bits per heavy atom. The maximum Gasteiger partial charge on any atom is 0.261 e. The third-order valence-electron chi connectivity index (χ3n) is 4.58. The number of benzene rings is 1. The van der Waals surface area contributed by atoms with Crippen molar-refractivity contribution in [3.8, 4) is 5.69 Å². The van der Waals surface area contributed by atoms with Gasteiger partial charge in [-0.1, -0.05) is 11.6 Å². The van der Waals surface area contributed by atoms with Crippen LogP contribution in [0.4, 0.5) is 5.69 Å². The largest absolute Gasteiger partial charge is 0.370 e. The SMILES string of the molecule is Cc1nc(CNC(=O)c2ccc(Cl)s2)cn1-c1ccc(N2CCOCC2=O)cc1. The van der Waals surface area contributed by atoms with Crippen molar-refractivity contribution in [2.75, 3.05) is 24.7 Å². The summed E-state index contributed by atoms with van der Waals surface area (Å²) in [5.74, 6) is 0.602. The van der Waals surface area contributed by atoms with Crippen molar-refractivity contribution in [1.82, 2.24) is 14.9 Å². The highest BCUT2D eigenvalue weighted by Crippen LogP contribution is 2.22. The number of hydrogen-bond donors (Lipinski definition) is 1. The molecule has 1 saturated heterocycles. The van der Waals surface area contributed by atoms with Crippen LogP contribution in [0.3, 0.4) is 0 Å². The van der Waals surface area contributed by atoms with Crippen molar-refractivity contribution < 1.29 is 14.3 Å². The van der Waals surface area contributed by atoms with Crippen molar-refractivity contribution in [2.24, 2.45) is 0 Å². The molecule has 7 nitrogen and oxygen atoms in total. The zero-order valence-electron chi connectivity index (χ0n) is 15.7. The van der Waals surface area contributed by atoms with Crippen LogP contribution in [0, 0.1) is 6.92 Å². The number of halogens is 1. The van der Waals surface area contributed by atoms with E-state index in [1.54, 1.807) is 17.0 Å². The number of aromatic nitrogens is 2. The van der Waals surface area contributed by atoms with Crippen LogP contribution < -0.4 is 10.2 Å². The number of anilines is 1. The van der Waals surface area contributed by atoms with Crippen LogP contribution in [-0.4, -0.2) is 41.1 Å². The average molecular weight is 431 g/mol. The predicted molar refractivity (Wildman–Crippen MR) is 112 cm³/mol. The molecule has 150 valence electrons. The Labute approximate surface area is 176 Å². The molecule has 1 aliphatic heterocycles. The van der Waals surface area contributed by atoms with E-state index in [1.807, 2.05) is 42.0 Å². The second kappa shape index (κ2) is 8.36. The molecule has 4 rings (SSSR count). The van der Waals surface area contributed by atoms with Gasteiger partial charge in [-0.2, -0.15) is 0 Å². The molecule has 3 heterocycles. The van der Waals surface area contributed by atoms with E-state index >= 15 is 0 Å². The number of morpholine rings is 1. The number of thiophene rings is 1. The molecule has 0 saturated carbocycles. The Morgan fingerprint density at radius 3 is 2.69 bits per heavy atom. The highest BCUT2D eigenvalue weighted by molar-refractivity contribution is 7.17. The number of amides is 2. The van der Waals surface area contributed by atoms with E-state index in [0.29, 0.717) is 28.9 Å². The molecule has 2 amide bonds. The molecule has 1 N–H and O–H groups in total. The maximum absolute atomic E-state index is 12.2. The summed E-state index contributed by atoms with van der Waals surface area (Å²) < 4.78 is 7.71. The van der Waals surface area contributed by atoms with Gasteiger partial charge in [0.25, 0.3) is 11.8 Å². The fourth-order valence-corrected chi connectivity index (χ4v) is 4.12. The Balaban J connectivity index is 1.44. The summed E-state index contributed by atoms with van der Waals surface area (Å²) in [6.45, 7) is 3.45. The van der Waals surface area contributed by atoms with Crippen molar-refractivity contribution in [3.63, 3.8) is 0 Å². The fraction of sp³-hybridized carbons (Fsp3) is 0.250. The number of imidazole rings is 1. The minimum Gasteiger partial charge on any atom is -0.370 e. The summed E-state index contributed by atoms with van der Waals surface area (Å²) in [4.78, 5) is 31.0. The molecule has 0 atom stereocenters. The lowest BCUT2D eigenvalue weighted by Gasteiger charge is -2.27. The van der Waals surface area contributed by atoms with Gasteiger partial charge >= 0.3 is 0 Å². The standard InChI is InChI=1S/C20H19ClN4O3S/c1-13-23-14(10-22-20(27)17-6-7-18(21)29-17)11-25(13)16-4-2-15(3-5-16)24-8-9-28-12-19(24)26/h2-7,11H,8-10,12H2,1H3,(H,22,27). The van der Waals surface area contributed by atoms with E-state index in [1.165, 1.54) is 11.3 Å². The topological polar surface area (TPSA) is 76.5 Å². The number of aryl methyl sites for hydroxylation is 1. The van der Waals surface area contributed by atoms with E-state index in [2.05, 4.69) is 10.3 Å². The highest BCUT2D eigenvalue weighted by atomic mass is 35.5. The van der Waals surface area contributed by atoms with Crippen LogP contribution in [-0.2, 0) is 16.1 Å². The third-order valence-corrected chi connectivity index (χ3v) is 5.81. The molecular formula is C20H19ClN4O3S. The molecule has 1 aliphatic rings. The van der Waals surface area contributed by atoms with Crippen LogP contribution in [0.5, 0.6) is 0 Å². The molecule has 9 heteroatoms. The van der Waals surface area contributed by atoms with E-state index in [9.17, 15) is 9.59 Å². The van der Waals surface area contributed by atoms with Gasteiger partial charge in [0.1, 0.15) is 12.4 Å². The molecule has 0 radical (unpaired) electrons. The van der Waals surface area contributed by atoms with Gasteiger partial charge in [-0.3, -0.25) is 9.59 Å². The molecule has 1 aromatic carbocycles. The van der Waals surface area contributed by atoms with Crippen molar-refractivity contribution in [1.29, 1.82) is 0 Å². The van der Waals surface area contributed by atoms with Crippen LogP contribution in [0.2, 0.25) is 4.34 Å². The number of hydrogen-bond acceptors (Lipinski definition) is 5. The first-order valence-corrected chi connectivity index (χ1v) is 10.3. The molecule has 1 fully saturated rings. The lowest BCUT2D eigenvalue weighted by atomic mass is 10.2. The van der Waals surface area contributed by atoms with Crippen molar-refractivity contribution in [2.45, 2.75) is 13.5 Å². The summed E-state index contributed by atoms with van der Waals surface area (Å²) in [6.07, 6.45) is 1.89. The molecular weight excluding hydrogens is 412 g/mol. The van der Waals surface area contributed by atoms with E-state index < -0.39 is 0 Å². The molecule has 2 aromatic heterocycles. The number of nitrogens with one attached hydrogen (secondary N) is 1. The second-order valence-corrected chi connectivity index (χ2v) is 8.27. The predicted octanol–water partition coefficient (Wildman–Crippen LogP) is 3.19. The Hall–Kier alpha value is -2.68. The third kappa shape index (κ3) is 4.34. The number of carbonyl (C=O) groups is 2. The summed E-state index contributed by atoms with van der Waals surface area (Å²) in [5.41, 5.74) is 2.54. The first kappa shape index (κ1) is 19.6. The lowest BCUT2D eigenvalue weighted by Crippen LogP contribution is -2.41. The smallest absolute Gasteiger partial charge is 0.261 e. The summed E-state index contributed by atoms with van der Waals surface area (Å²) in [6, 6.07) is 11.1. The van der Waals surface area contributed by atoms with E-state index in [-0.39, 0.29) is 18.4 Å². The summed E-state index contributed by atoms with van der Waals surface area (Å²) in [7, 11) is 0. The molecule has 3 aromatic rings. The summed E-state index contributed by atoms with van der Waals surface area (Å²) >= 11 is 7.12. The number of carbonyl (C=O) groups excluding carboxylic acids is 2. The van der Waals surface area contributed by atoms with Gasteiger partial charge in [0.2, 0.25) is 0 Å². The van der Waals surface area contributed by atoms with Gasteiger partial charge in [0.15, 0.2) is 0 Å². The van der Waals surface area contributed by atoms with Gasteiger partial charge < -0.3 is 19.5 Å². The van der Waals surface area contributed by atoms with E-state index in [0.717, 1.165) is 22.9 Å². The number of nitrogens with zero attached hydrogens (tertiary/aromatic N) is 3. The Bertz CT molecular complexity index is 1040. The first-order valence-electron chi connectivity index (χ1n) is 9.08. The van der Waals surface area contributed by atoms with Crippen molar-refractivity contribution >= 4 is 40.4 Å². The number of rotatable bonds is 5. The van der Waals surface area contributed by atoms with Crippen LogP contribution in [0.25, 0.3) is 5.69 Å². The van der Waals surface area contributed by atoms with Crippen molar-refractivity contribution in [3.05, 3.63) is 63.3 Å². The first-order chi connectivity index (χ1) is 14.0. The molecule has 0 unspecified atom stereocenters. The average Bonchev–Trinajstić information content (AvgIpc) is 3.32. The monoisotopic (exact) mass is 430 g/mol. The quantitative estimate of drug-likeness (QED) is 0.674. The van der Waals surface area contributed by atoms with Crippen LogP contribution >= 0.6 is 22.9 Å². The van der Waals surface area contributed by atoms with Crippen LogP contribution in [0.1, 0.15) is 21.2 Å². The van der Waals surface area contributed by atoms with Crippen LogP contribution in [0.15, 0.2) is 42.6 Å². The Kier molecular flexibility index (Phi) is 5.66. The molecule has 0 spiro atoms. The van der Waals surface area contributed by atoms with Gasteiger partial charge in [-0.15, -0.1) is 11.3 Å². The zero-order chi connectivity index (χ0) is 20.4. The minimum absolute atomic E-state index is 0.0344. The maximum atomic E-state index is 12.2. The van der Waals surface area contributed by atoms with Gasteiger partial charge in [-0.05, 0) is 43.3 Å². The molecule has 0 aliphatic carbocycles. The van der Waals surface area contributed by atoms with Gasteiger partial charge in [0.05, 0.1) is 28.1 Å². The van der Waals surface area contributed by atoms with E-state index in [4.69, 9.17) is 16.3 Å². The zero-order valence-corrected chi connectivity index (χ0v) is 17.3. The van der Waals surface area contributed by atoms with Gasteiger partial charge in [-0.25, -0.2) is 4.98 Å². The second-order valence-electron chi connectivity index (χ2n) is 6.55. The summed E-state index contributed by atoms with van der Waals surface area (Å²) in [5, 5.41) is 2.86. The fourth-order valence-electron chi connectivity index (χ4n) is 3.16. The highest BCUT2D eigenvalue weighted by Gasteiger charge is 2.20. The Morgan fingerprint density at radius 1 is 1.24 bits per heavy atom. The lowest BCUT2D eigenvalue weighted by molar-refractivity contribution is -0.125. The minimum atomic E-state index is -0.173. The normalized spacial score (nSPS) is 14.3. The molecule has 0 bridgehead atoms. The number of ether oxygens (including phenoxy) is 1. The molecule has 29 heavy (non-hydrogen) atoms.